The molecule has 20 heavy (non-hydrogen) atoms. The highest BCUT2D eigenvalue weighted by molar-refractivity contribution is 5.79. The van der Waals surface area contributed by atoms with E-state index in [1.165, 1.54) is 12.1 Å². The van der Waals surface area contributed by atoms with Crippen LogP contribution in [0, 0.1) is 0 Å². The number of para-hydroxylation sites is 1. The van der Waals surface area contributed by atoms with Crippen molar-refractivity contribution in [2.24, 2.45) is 0 Å². The van der Waals surface area contributed by atoms with Crippen LogP contribution in [0.25, 0.3) is 0 Å². The molecule has 1 rings (SSSR count). The summed E-state index contributed by atoms with van der Waals surface area (Å²) in [7, 11) is 0. The van der Waals surface area contributed by atoms with E-state index in [0.29, 0.717) is 0 Å². The average molecular weight is 304 g/mol. The van der Waals surface area contributed by atoms with Gasteiger partial charge < -0.3 is 4.74 Å². The number of alkyl halides is 7. The summed E-state index contributed by atoms with van der Waals surface area (Å²) < 4.78 is 90.8. The molecule has 0 saturated carbocycles. The topological polar surface area (TPSA) is 26.3 Å². The molecule has 0 aliphatic heterocycles. The Morgan fingerprint density at radius 3 is 2.05 bits per heavy atom. The summed E-state index contributed by atoms with van der Waals surface area (Å²) in [5.41, 5.74) is -0.251. The number of ether oxygens (including phenoxy) is 1. The van der Waals surface area contributed by atoms with E-state index >= 15 is 0 Å². The first kappa shape index (κ1) is 16.3. The molecule has 112 valence electrons. The largest absolute Gasteiger partial charge is 0.486 e. The average Bonchev–Trinajstić information content (AvgIpc) is 2.35. The fraction of sp³-hybridized carbons (Fsp3) is 0.364. The number of hydrogen-bond acceptors (Lipinski definition) is 2. The zero-order valence-electron chi connectivity index (χ0n) is 9.56. The summed E-state index contributed by atoms with van der Waals surface area (Å²) >= 11 is 0. The molecule has 0 aromatic heterocycles. The van der Waals surface area contributed by atoms with Crippen molar-refractivity contribution in [3.8, 4) is 5.75 Å². The minimum Gasteiger partial charge on any atom is -0.486 e. The first-order valence-corrected chi connectivity index (χ1v) is 5.02. The molecule has 0 fully saturated rings. The van der Waals surface area contributed by atoms with E-state index in [1.807, 2.05) is 0 Å². The first-order chi connectivity index (χ1) is 9.03. The van der Waals surface area contributed by atoms with Gasteiger partial charge in [0.2, 0.25) is 0 Å². The summed E-state index contributed by atoms with van der Waals surface area (Å²) in [6, 6.07) is 4.69. The summed E-state index contributed by atoms with van der Waals surface area (Å²) in [5.74, 6) is -12.2. The maximum absolute atomic E-state index is 12.9. The minimum absolute atomic E-state index is 0.190. The molecule has 0 spiro atoms. The lowest BCUT2D eigenvalue weighted by Gasteiger charge is -2.28. The molecule has 1 aromatic rings. The molecule has 0 heterocycles. The number of rotatable bonds is 5. The van der Waals surface area contributed by atoms with Crippen molar-refractivity contribution in [3.63, 3.8) is 0 Å². The van der Waals surface area contributed by atoms with Gasteiger partial charge in [0, 0.05) is 0 Å². The Morgan fingerprint density at radius 1 is 1.00 bits per heavy atom. The third-order valence-electron chi connectivity index (χ3n) is 2.27. The zero-order valence-corrected chi connectivity index (χ0v) is 9.56. The van der Waals surface area contributed by atoms with Gasteiger partial charge in [-0.3, -0.25) is 4.79 Å². The van der Waals surface area contributed by atoms with Crippen molar-refractivity contribution in [1.29, 1.82) is 0 Å². The molecule has 0 saturated heterocycles. The molecule has 0 bridgehead atoms. The highest BCUT2D eigenvalue weighted by Crippen LogP contribution is 2.46. The third-order valence-corrected chi connectivity index (χ3v) is 2.27. The number of carbonyl (C=O) groups is 1. The van der Waals surface area contributed by atoms with Gasteiger partial charge in [-0.1, -0.05) is 12.1 Å². The Bertz CT molecular complexity index is 482. The number of halogens is 7. The van der Waals surface area contributed by atoms with Gasteiger partial charge in [0.15, 0.2) is 12.9 Å². The van der Waals surface area contributed by atoms with Gasteiger partial charge >= 0.3 is 18.0 Å². The van der Waals surface area contributed by atoms with Crippen LogP contribution in [-0.2, 0) is 0 Å². The van der Waals surface area contributed by atoms with Crippen molar-refractivity contribution < 1.29 is 40.3 Å². The van der Waals surface area contributed by atoms with Crippen molar-refractivity contribution in [2.75, 3.05) is 6.61 Å². The van der Waals surface area contributed by atoms with Gasteiger partial charge in [-0.15, -0.1) is 0 Å². The van der Waals surface area contributed by atoms with Crippen LogP contribution in [-0.4, -0.2) is 30.9 Å². The first-order valence-electron chi connectivity index (χ1n) is 5.02. The second-order valence-electron chi connectivity index (χ2n) is 3.72. The van der Waals surface area contributed by atoms with Crippen LogP contribution >= 0.6 is 0 Å². The maximum atomic E-state index is 12.9. The van der Waals surface area contributed by atoms with Crippen molar-refractivity contribution in [1.82, 2.24) is 0 Å². The Kier molecular flexibility index (Phi) is 4.30. The summed E-state index contributed by atoms with van der Waals surface area (Å²) in [6.07, 6.45) is -6.22. The van der Waals surface area contributed by atoms with E-state index in [-0.39, 0.29) is 11.8 Å². The highest BCUT2D eigenvalue weighted by atomic mass is 19.4. The van der Waals surface area contributed by atoms with Crippen molar-refractivity contribution >= 4 is 6.29 Å². The Hall–Kier alpha value is -1.80. The van der Waals surface area contributed by atoms with E-state index in [4.69, 9.17) is 0 Å². The lowest BCUT2D eigenvalue weighted by atomic mass is 10.1. The molecule has 0 amide bonds. The third kappa shape index (κ3) is 3.02. The second kappa shape index (κ2) is 5.29. The van der Waals surface area contributed by atoms with Gasteiger partial charge in [-0.2, -0.15) is 30.7 Å². The number of aldehydes is 1. The molecule has 9 heteroatoms. The van der Waals surface area contributed by atoms with E-state index in [1.54, 1.807) is 0 Å². The van der Waals surface area contributed by atoms with E-state index in [0.717, 1.165) is 12.1 Å². The van der Waals surface area contributed by atoms with E-state index in [9.17, 15) is 35.5 Å². The van der Waals surface area contributed by atoms with Gasteiger partial charge in [0.1, 0.15) is 5.75 Å². The maximum Gasteiger partial charge on any atom is 0.460 e. The Morgan fingerprint density at radius 2 is 1.55 bits per heavy atom. The molecular weight excluding hydrogens is 297 g/mol. The van der Waals surface area contributed by atoms with Crippen LogP contribution in [0.3, 0.4) is 0 Å². The van der Waals surface area contributed by atoms with Gasteiger partial charge in [0.25, 0.3) is 0 Å². The van der Waals surface area contributed by atoms with E-state index < -0.39 is 30.4 Å². The lowest BCUT2D eigenvalue weighted by molar-refractivity contribution is -0.358. The molecule has 0 radical (unpaired) electrons. The zero-order chi connectivity index (χ0) is 15.6. The van der Waals surface area contributed by atoms with Crippen LogP contribution in [0.2, 0.25) is 0 Å². The normalized spacial score (nSPS) is 13.2. The lowest BCUT2D eigenvalue weighted by Crippen LogP contribution is -2.54. The number of benzene rings is 1. The van der Waals surface area contributed by atoms with Crippen LogP contribution in [0.1, 0.15) is 10.4 Å². The summed E-state index contributed by atoms with van der Waals surface area (Å²) in [6.45, 7) is -2.22. The van der Waals surface area contributed by atoms with Crippen molar-refractivity contribution in [3.05, 3.63) is 29.8 Å². The Labute approximate surface area is 108 Å². The molecule has 0 unspecified atom stereocenters. The molecule has 0 atom stereocenters. The standard InChI is InChI=1S/C11H7F7O2/c12-9(13,10(14,15)11(16,17)18)6-20-8-4-2-1-3-7(8)5-19/h1-5H,6H2. The smallest absolute Gasteiger partial charge is 0.460 e. The minimum atomic E-state index is -6.41. The van der Waals surface area contributed by atoms with Crippen LogP contribution in [0.4, 0.5) is 30.7 Å². The quantitative estimate of drug-likeness (QED) is 0.612. The fourth-order valence-electron chi connectivity index (χ4n) is 1.18. The second-order valence-corrected chi connectivity index (χ2v) is 3.72. The summed E-state index contributed by atoms with van der Waals surface area (Å²) in [4.78, 5) is 10.5. The summed E-state index contributed by atoms with van der Waals surface area (Å²) in [5, 5.41) is 0. The Balaban J connectivity index is 2.90. The molecule has 1 aromatic carbocycles. The van der Waals surface area contributed by atoms with Gasteiger partial charge in [-0.25, -0.2) is 0 Å². The molecule has 0 aliphatic carbocycles. The predicted molar refractivity (Wildman–Crippen MR) is 53.3 cm³/mol. The van der Waals surface area contributed by atoms with E-state index in [2.05, 4.69) is 4.74 Å². The molecule has 0 N–H and O–H groups in total. The molecule has 0 aliphatic rings. The van der Waals surface area contributed by atoms with Gasteiger partial charge in [0.05, 0.1) is 5.56 Å². The molecule has 2 nitrogen and oxygen atoms in total. The number of carbonyl (C=O) groups excluding carboxylic acids is 1. The predicted octanol–water partition coefficient (Wildman–Crippen LogP) is 3.71. The number of hydrogen-bond donors (Lipinski definition) is 0. The fourth-order valence-corrected chi connectivity index (χ4v) is 1.18. The van der Waals surface area contributed by atoms with Crippen LogP contribution in [0.15, 0.2) is 24.3 Å². The van der Waals surface area contributed by atoms with Crippen LogP contribution in [0.5, 0.6) is 5.75 Å². The van der Waals surface area contributed by atoms with Crippen LogP contribution < -0.4 is 4.74 Å². The van der Waals surface area contributed by atoms with Gasteiger partial charge in [-0.05, 0) is 12.1 Å². The monoisotopic (exact) mass is 304 g/mol. The molecular formula is C11H7F7O2. The SMILES string of the molecule is O=Cc1ccccc1OCC(F)(F)C(F)(F)C(F)(F)F. The van der Waals surface area contributed by atoms with Crippen molar-refractivity contribution in [2.45, 2.75) is 18.0 Å². The highest BCUT2D eigenvalue weighted by Gasteiger charge is 2.73.